The third-order valence-electron chi connectivity index (χ3n) is 3.22. The molecule has 1 fully saturated rings. The summed E-state index contributed by atoms with van der Waals surface area (Å²) < 4.78 is 25.1. The van der Waals surface area contributed by atoms with E-state index in [1.54, 1.807) is 22.8 Å². The quantitative estimate of drug-likeness (QED) is 0.839. The van der Waals surface area contributed by atoms with Crippen LogP contribution in [0.4, 0.5) is 0 Å². The Balaban J connectivity index is 1.91. The Kier molecular flexibility index (Phi) is 2.79. The molecule has 3 heterocycles. The Hall–Kier alpha value is -1.14. The molecule has 0 amide bonds. The molecule has 7 heteroatoms. The van der Waals surface area contributed by atoms with Crippen LogP contribution in [0.2, 0.25) is 5.02 Å². The number of fused-ring (bicyclic) bond motifs is 1. The molecule has 0 radical (unpaired) electrons. The highest BCUT2D eigenvalue weighted by molar-refractivity contribution is 7.92. The van der Waals surface area contributed by atoms with E-state index in [2.05, 4.69) is 10.1 Å². The molecule has 96 valence electrons. The molecule has 0 spiro atoms. The van der Waals surface area contributed by atoms with Crippen LogP contribution in [0.1, 0.15) is 18.7 Å². The van der Waals surface area contributed by atoms with Gasteiger partial charge in [-0.25, -0.2) is 17.9 Å². The van der Waals surface area contributed by atoms with Gasteiger partial charge >= 0.3 is 0 Å². The molecule has 0 saturated carbocycles. The van der Waals surface area contributed by atoms with Gasteiger partial charge in [-0.2, -0.15) is 5.10 Å². The first-order chi connectivity index (χ1) is 8.54. The van der Waals surface area contributed by atoms with Crippen LogP contribution in [0.25, 0.3) is 5.65 Å². The van der Waals surface area contributed by atoms with Gasteiger partial charge in [0.2, 0.25) is 0 Å². The van der Waals surface area contributed by atoms with Crippen molar-refractivity contribution in [3.63, 3.8) is 0 Å². The van der Waals surface area contributed by atoms with Crippen molar-refractivity contribution in [1.82, 2.24) is 14.6 Å². The van der Waals surface area contributed by atoms with E-state index in [4.69, 9.17) is 11.6 Å². The van der Waals surface area contributed by atoms with E-state index in [0.717, 1.165) is 6.42 Å². The second-order valence-corrected chi connectivity index (χ2v) is 7.35. The van der Waals surface area contributed by atoms with Crippen LogP contribution >= 0.6 is 11.6 Å². The van der Waals surface area contributed by atoms with E-state index in [1.165, 1.54) is 0 Å². The Labute approximate surface area is 110 Å². The van der Waals surface area contributed by atoms with Crippen LogP contribution in [0.5, 0.6) is 0 Å². The third-order valence-corrected chi connectivity index (χ3v) is 5.73. The number of sulfone groups is 1. The lowest BCUT2D eigenvalue weighted by Crippen LogP contribution is -2.19. The highest BCUT2D eigenvalue weighted by Gasteiger charge is 2.32. The van der Waals surface area contributed by atoms with Crippen molar-refractivity contribution < 1.29 is 8.42 Å². The summed E-state index contributed by atoms with van der Waals surface area (Å²) in [5, 5.41) is 4.53. The topological polar surface area (TPSA) is 64.3 Å². The van der Waals surface area contributed by atoms with Gasteiger partial charge in [0.1, 0.15) is 0 Å². The first kappa shape index (κ1) is 11.9. The predicted molar refractivity (Wildman–Crippen MR) is 68.5 cm³/mol. The maximum atomic E-state index is 11.8. The number of hydrogen-bond donors (Lipinski definition) is 0. The highest BCUT2D eigenvalue weighted by Crippen LogP contribution is 2.23. The van der Waals surface area contributed by atoms with E-state index in [0.29, 0.717) is 29.3 Å². The molecule has 3 rings (SSSR count). The maximum Gasteiger partial charge on any atom is 0.157 e. The lowest BCUT2D eigenvalue weighted by Gasteiger charge is -2.04. The second kappa shape index (κ2) is 4.20. The average molecular weight is 286 g/mol. The van der Waals surface area contributed by atoms with Gasteiger partial charge in [0, 0.05) is 23.7 Å². The third kappa shape index (κ3) is 2.10. The van der Waals surface area contributed by atoms with Gasteiger partial charge in [-0.05, 0) is 18.9 Å². The molecule has 0 bridgehead atoms. The molecule has 0 aliphatic carbocycles. The zero-order valence-electron chi connectivity index (χ0n) is 9.58. The molecular weight excluding hydrogens is 274 g/mol. The van der Waals surface area contributed by atoms with Gasteiger partial charge in [0.05, 0.1) is 11.0 Å². The van der Waals surface area contributed by atoms with Crippen LogP contribution in [0, 0.1) is 0 Å². The molecule has 18 heavy (non-hydrogen) atoms. The normalized spacial score (nSPS) is 22.6. The fraction of sp³-hybridized carbons (Fsp3) is 0.455. The van der Waals surface area contributed by atoms with Crippen molar-refractivity contribution >= 4 is 27.1 Å². The zero-order chi connectivity index (χ0) is 12.8. The summed E-state index contributed by atoms with van der Waals surface area (Å²) in [6.45, 7) is 0. The molecule has 0 N–H and O–H groups in total. The number of hydrogen-bond acceptors (Lipinski definition) is 4. The lowest BCUT2D eigenvalue weighted by atomic mass is 10.2. The Morgan fingerprint density at radius 3 is 3.06 bits per heavy atom. The van der Waals surface area contributed by atoms with Crippen LogP contribution in [0.15, 0.2) is 18.3 Å². The minimum absolute atomic E-state index is 0.289. The zero-order valence-corrected chi connectivity index (χ0v) is 11.2. The van der Waals surface area contributed by atoms with Gasteiger partial charge in [-0.1, -0.05) is 11.6 Å². The molecule has 1 unspecified atom stereocenters. The van der Waals surface area contributed by atoms with E-state index in [-0.39, 0.29) is 11.0 Å². The molecule has 5 nitrogen and oxygen atoms in total. The smallest absolute Gasteiger partial charge is 0.157 e. The monoisotopic (exact) mass is 285 g/mol. The second-order valence-electron chi connectivity index (χ2n) is 4.51. The van der Waals surface area contributed by atoms with Gasteiger partial charge < -0.3 is 0 Å². The predicted octanol–water partition coefficient (Wildman–Crippen LogP) is 1.50. The fourth-order valence-corrected chi connectivity index (χ4v) is 4.27. The summed E-state index contributed by atoms with van der Waals surface area (Å²) in [6.07, 6.45) is 3.56. The number of halogens is 1. The number of aromatic nitrogens is 3. The van der Waals surface area contributed by atoms with E-state index < -0.39 is 9.84 Å². The number of nitrogens with zero attached hydrogens (tertiary/aromatic N) is 3. The fourth-order valence-electron chi connectivity index (χ4n) is 2.28. The van der Waals surface area contributed by atoms with Crippen LogP contribution in [-0.2, 0) is 16.3 Å². The number of pyridine rings is 1. The summed E-state index contributed by atoms with van der Waals surface area (Å²) in [6, 6.07) is 3.43. The van der Waals surface area contributed by atoms with Crippen LogP contribution in [-0.4, -0.2) is 34.0 Å². The van der Waals surface area contributed by atoms with Gasteiger partial charge in [0.15, 0.2) is 21.3 Å². The molecule has 1 aliphatic rings. The molecule has 1 aliphatic heterocycles. The van der Waals surface area contributed by atoms with Crippen molar-refractivity contribution in [3.05, 3.63) is 29.2 Å². The first-order valence-electron chi connectivity index (χ1n) is 5.77. The van der Waals surface area contributed by atoms with E-state index in [9.17, 15) is 8.42 Å². The minimum atomic E-state index is -2.95. The highest BCUT2D eigenvalue weighted by atomic mass is 35.5. The van der Waals surface area contributed by atoms with Crippen molar-refractivity contribution in [3.8, 4) is 0 Å². The van der Waals surface area contributed by atoms with Crippen molar-refractivity contribution in [2.45, 2.75) is 24.5 Å². The average Bonchev–Trinajstić information content (AvgIpc) is 2.82. The molecule has 0 aromatic carbocycles. The summed E-state index contributed by atoms with van der Waals surface area (Å²) in [7, 11) is -2.95. The van der Waals surface area contributed by atoms with Crippen molar-refractivity contribution in [2.75, 3.05) is 5.75 Å². The maximum absolute atomic E-state index is 11.8. The molecule has 2 aromatic rings. The van der Waals surface area contributed by atoms with Crippen molar-refractivity contribution in [1.29, 1.82) is 0 Å². The van der Waals surface area contributed by atoms with Crippen molar-refractivity contribution in [2.24, 2.45) is 0 Å². The molecular formula is C11H12ClN3O2S. The van der Waals surface area contributed by atoms with E-state index in [1.807, 2.05) is 0 Å². The summed E-state index contributed by atoms with van der Waals surface area (Å²) in [5.74, 6) is 0.851. The number of rotatable bonds is 2. The summed E-state index contributed by atoms with van der Waals surface area (Å²) in [5.41, 5.74) is 0.646. The SMILES string of the molecule is O=S1(=O)CCCC1Cc1nc2cc(Cl)ccn2n1. The lowest BCUT2D eigenvalue weighted by molar-refractivity contribution is 0.586. The largest absolute Gasteiger partial charge is 0.229 e. The standard InChI is InChI=1S/C11H12ClN3O2S/c12-8-3-4-15-11(6-8)13-10(14-15)7-9-2-1-5-18(9,16)17/h3-4,6,9H,1-2,5,7H2. The minimum Gasteiger partial charge on any atom is -0.229 e. The Morgan fingerprint density at radius 1 is 1.50 bits per heavy atom. The van der Waals surface area contributed by atoms with Gasteiger partial charge in [-0.3, -0.25) is 0 Å². The van der Waals surface area contributed by atoms with Crippen LogP contribution < -0.4 is 0 Å². The van der Waals surface area contributed by atoms with Crippen LogP contribution in [0.3, 0.4) is 0 Å². The molecule has 1 saturated heterocycles. The molecule has 1 atom stereocenters. The Bertz CT molecular complexity index is 695. The first-order valence-corrected chi connectivity index (χ1v) is 7.86. The summed E-state index contributed by atoms with van der Waals surface area (Å²) in [4.78, 5) is 4.31. The molecule has 2 aromatic heterocycles. The van der Waals surface area contributed by atoms with Gasteiger partial charge in [0.25, 0.3) is 0 Å². The van der Waals surface area contributed by atoms with Gasteiger partial charge in [-0.15, -0.1) is 0 Å². The summed E-state index contributed by atoms with van der Waals surface area (Å²) >= 11 is 5.87. The van der Waals surface area contributed by atoms with E-state index >= 15 is 0 Å². The Morgan fingerprint density at radius 2 is 2.33 bits per heavy atom.